The lowest BCUT2D eigenvalue weighted by atomic mass is 10.1. The predicted octanol–water partition coefficient (Wildman–Crippen LogP) is 3.82. The highest BCUT2D eigenvalue weighted by Gasteiger charge is 2.30. The van der Waals surface area contributed by atoms with E-state index in [-0.39, 0.29) is 18.7 Å². The molecule has 0 spiro atoms. The number of nitrogens with one attached hydrogen (secondary N) is 1. The molecule has 24 heavy (non-hydrogen) atoms. The zero-order chi connectivity index (χ0) is 17.1. The maximum absolute atomic E-state index is 12.8. The number of aliphatic hydroxyl groups excluding tert-OH is 1. The summed E-state index contributed by atoms with van der Waals surface area (Å²) in [6.45, 7) is 4.31. The maximum Gasteiger partial charge on any atom is 0.322 e. The van der Waals surface area contributed by atoms with E-state index < -0.39 is 0 Å². The van der Waals surface area contributed by atoms with Crippen LogP contribution in [0.5, 0.6) is 0 Å². The van der Waals surface area contributed by atoms with E-state index in [0.717, 1.165) is 24.1 Å². The van der Waals surface area contributed by atoms with Crippen molar-refractivity contribution in [3.63, 3.8) is 0 Å². The van der Waals surface area contributed by atoms with Gasteiger partial charge in [-0.05, 0) is 49.4 Å². The molecule has 2 amide bonds. The van der Waals surface area contributed by atoms with Crippen LogP contribution in [0.25, 0.3) is 0 Å². The van der Waals surface area contributed by atoms with Crippen molar-refractivity contribution in [2.45, 2.75) is 32.7 Å². The second kappa shape index (κ2) is 7.05. The molecule has 1 atom stereocenters. The molecule has 0 aromatic heterocycles. The Morgan fingerprint density at radius 3 is 2.79 bits per heavy atom. The number of aliphatic hydroxyl groups is 1. The molecule has 0 saturated heterocycles. The zero-order valence-electron chi connectivity index (χ0n) is 14.2. The van der Waals surface area contributed by atoms with Crippen LogP contribution in [-0.4, -0.2) is 29.2 Å². The molecular formula is C20H24N2O2. The molecule has 1 unspecified atom stereocenters. The minimum Gasteiger partial charge on any atom is -0.395 e. The van der Waals surface area contributed by atoms with Gasteiger partial charge in [0.25, 0.3) is 0 Å². The van der Waals surface area contributed by atoms with E-state index in [1.165, 1.54) is 16.7 Å². The van der Waals surface area contributed by atoms with Crippen LogP contribution in [0.15, 0.2) is 42.5 Å². The van der Waals surface area contributed by atoms with E-state index in [4.69, 9.17) is 0 Å². The summed E-state index contributed by atoms with van der Waals surface area (Å²) in [5.41, 5.74) is 5.52. The van der Waals surface area contributed by atoms with Crippen molar-refractivity contribution in [2.75, 3.05) is 18.5 Å². The molecule has 2 aromatic rings. The van der Waals surface area contributed by atoms with Crippen molar-refractivity contribution < 1.29 is 9.90 Å². The molecule has 126 valence electrons. The molecule has 0 fully saturated rings. The van der Waals surface area contributed by atoms with Gasteiger partial charge in [-0.15, -0.1) is 0 Å². The van der Waals surface area contributed by atoms with Crippen LogP contribution < -0.4 is 5.32 Å². The van der Waals surface area contributed by atoms with Gasteiger partial charge in [-0.3, -0.25) is 0 Å². The smallest absolute Gasteiger partial charge is 0.322 e. The van der Waals surface area contributed by atoms with Crippen LogP contribution in [-0.2, 0) is 6.42 Å². The Morgan fingerprint density at radius 2 is 2.04 bits per heavy atom. The van der Waals surface area contributed by atoms with Crippen molar-refractivity contribution in [1.82, 2.24) is 4.90 Å². The lowest BCUT2D eigenvalue weighted by molar-refractivity contribution is 0.162. The van der Waals surface area contributed by atoms with Gasteiger partial charge in [0.15, 0.2) is 0 Å². The summed E-state index contributed by atoms with van der Waals surface area (Å²) in [4.78, 5) is 14.6. The third-order valence-electron chi connectivity index (χ3n) is 4.70. The monoisotopic (exact) mass is 324 g/mol. The van der Waals surface area contributed by atoms with E-state index in [1.807, 2.05) is 38.1 Å². The number of amides is 2. The largest absolute Gasteiger partial charge is 0.395 e. The van der Waals surface area contributed by atoms with Crippen molar-refractivity contribution in [3.05, 3.63) is 64.7 Å². The quantitative estimate of drug-likeness (QED) is 0.898. The highest BCUT2D eigenvalue weighted by Crippen LogP contribution is 2.35. The molecule has 4 heteroatoms. The van der Waals surface area contributed by atoms with E-state index >= 15 is 0 Å². The fourth-order valence-electron chi connectivity index (χ4n) is 3.51. The summed E-state index contributed by atoms with van der Waals surface area (Å²) >= 11 is 0. The number of anilines is 1. The Hall–Kier alpha value is -2.33. The molecular weight excluding hydrogens is 300 g/mol. The van der Waals surface area contributed by atoms with Crippen LogP contribution in [0.1, 0.15) is 34.7 Å². The van der Waals surface area contributed by atoms with Crippen molar-refractivity contribution >= 4 is 11.7 Å². The van der Waals surface area contributed by atoms with Crippen LogP contribution in [0.2, 0.25) is 0 Å². The summed E-state index contributed by atoms with van der Waals surface area (Å²) in [5.74, 6) is 0. The van der Waals surface area contributed by atoms with E-state index in [0.29, 0.717) is 6.54 Å². The lowest BCUT2D eigenvalue weighted by Crippen LogP contribution is -2.39. The van der Waals surface area contributed by atoms with Gasteiger partial charge in [-0.25, -0.2) is 4.79 Å². The molecule has 1 aliphatic carbocycles. The molecule has 0 heterocycles. The van der Waals surface area contributed by atoms with Gasteiger partial charge >= 0.3 is 6.03 Å². The summed E-state index contributed by atoms with van der Waals surface area (Å²) in [6.07, 6.45) is 1.87. The first-order valence-corrected chi connectivity index (χ1v) is 8.43. The third kappa shape index (κ3) is 3.29. The number of aryl methyl sites for hydroxylation is 3. The summed E-state index contributed by atoms with van der Waals surface area (Å²) in [5, 5.41) is 12.4. The molecule has 3 rings (SSSR count). The maximum atomic E-state index is 12.8. The van der Waals surface area contributed by atoms with Crippen LogP contribution in [0.3, 0.4) is 0 Å². The molecule has 0 saturated carbocycles. The molecule has 2 N–H and O–H groups in total. The minimum absolute atomic E-state index is 0.0269. The first-order chi connectivity index (χ1) is 11.6. The van der Waals surface area contributed by atoms with Crippen molar-refractivity contribution in [3.8, 4) is 0 Å². The van der Waals surface area contributed by atoms with E-state index in [2.05, 4.69) is 23.5 Å². The number of carbonyl (C=O) groups excluding carboxylic acids is 1. The van der Waals surface area contributed by atoms with Crippen LogP contribution in [0.4, 0.5) is 10.5 Å². The Balaban J connectivity index is 1.82. The fraction of sp³-hybridized carbons (Fsp3) is 0.350. The van der Waals surface area contributed by atoms with Crippen LogP contribution in [0, 0.1) is 13.8 Å². The second-order valence-electron chi connectivity index (χ2n) is 6.42. The molecule has 4 nitrogen and oxygen atoms in total. The molecule has 0 radical (unpaired) electrons. The lowest BCUT2D eigenvalue weighted by Gasteiger charge is -2.29. The SMILES string of the molecule is Cc1ccc(NC(=O)N(CCO)C2CCc3ccccc32)c(C)c1. The summed E-state index contributed by atoms with van der Waals surface area (Å²) < 4.78 is 0. The Bertz CT molecular complexity index is 742. The minimum atomic E-state index is -0.155. The van der Waals surface area contributed by atoms with Gasteiger partial charge in [0, 0.05) is 12.2 Å². The van der Waals surface area contributed by atoms with Gasteiger partial charge in [0.1, 0.15) is 0 Å². The van der Waals surface area contributed by atoms with Crippen molar-refractivity contribution in [1.29, 1.82) is 0 Å². The number of carbonyl (C=O) groups is 1. The summed E-state index contributed by atoms with van der Waals surface area (Å²) in [7, 11) is 0. The number of fused-ring (bicyclic) bond motifs is 1. The normalized spacial score (nSPS) is 15.9. The first-order valence-electron chi connectivity index (χ1n) is 8.43. The van der Waals surface area contributed by atoms with Gasteiger partial charge in [0.05, 0.1) is 12.6 Å². The average molecular weight is 324 g/mol. The molecule has 0 bridgehead atoms. The molecule has 1 aliphatic rings. The van der Waals surface area contributed by atoms with Gasteiger partial charge in [-0.1, -0.05) is 42.0 Å². The second-order valence-corrected chi connectivity index (χ2v) is 6.42. The predicted molar refractivity (Wildman–Crippen MR) is 96.2 cm³/mol. The number of urea groups is 1. The number of hydrogen-bond donors (Lipinski definition) is 2. The van der Waals surface area contributed by atoms with E-state index in [1.54, 1.807) is 4.90 Å². The number of benzene rings is 2. The van der Waals surface area contributed by atoms with Gasteiger partial charge in [0.2, 0.25) is 0 Å². The van der Waals surface area contributed by atoms with E-state index in [9.17, 15) is 9.90 Å². The van der Waals surface area contributed by atoms with Crippen molar-refractivity contribution in [2.24, 2.45) is 0 Å². The highest BCUT2D eigenvalue weighted by atomic mass is 16.3. The van der Waals surface area contributed by atoms with Crippen LogP contribution >= 0.6 is 0 Å². The molecule has 2 aromatic carbocycles. The average Bonchev–Trinajstić information content (AvgIpc) is 2.99. The first kappa shape index (κ1) is 16.5. The highest BCUT2D eigenvalue weighted by molar-refractivity contribution is 5.90. The standard InChI is InChI=1S/C20H24N2O2/c1-14-7-9-18(15(2)13-14)21-20(24)22(11-12-23)19-10-8-16-5-3-4-6-17(16)19/h3-7,9,13,19,23H,8,10-12H2,1-2H3,(H,21,24). The van der Waals surface area contributed by atoms with Gasteiger partial charge in [-0.2, -0.15) is 0 Å². The number of hydrogen-bond acceptors (Lipinski definition) is 2. The Labute approximate surface area is 143 Å². The fourth-order valence-corrected chi connectivity index (χ4v) is 3.51. The number of nitrogens with zero attached hydrogens (tertiary/aromatic N) is 1. The molecule has 0 aliphatic heterocycles. The summed E-state index contributed by atoms with van der Waals surface area (Å²) in [6, 6.07) is 14.1. The topological polar surface area (TPSA) is 52.6 Å². The zero-order valence-corrected chi connectivity index (χ0v) is 14.2. The Morgan fingerprint density at radius 1 is 1.25 bits per heavy atom. The Kier molecular flexibility index (Phi) is 4.86. The third-order valence-corrected chi connectivity index (χ3v) is 4.70. The van der Waals surface area contributed by atoms with Gasteiger partial charge < -0.3 is 15.3 Å². The number of rotatable bonds is 4.